The molecule has 5 heteroatoms. The molecule has 3 nitrogen and oxygen atoms in total. The monoisotopic (exact) mass is 283 g/mol. The van der Waals surface area contributed by atoms with Gasteiger partial charge in [0.25, 0.3) is 0 Å². The van der Waals surface area contributed by atoms with E-state index in [2.05, 4.69) is 15.3 Å². The molecule has 1 aromatic carbocycles. The maximum absolute atomic E-state index is 5.79. The molecule has 0 aliphatic carbocycles. The fourth-order valence-corrected chi connectivity index (χ4v) is 1.63. The van der Waals surface area contributed by atoms with Gasteiger partial charge in [0.15, 0.2) is 0 Å². The standard InChI is InChI=1S/C11H9Cl2N3.C2H6/c1-7-6-10(16-11(13)14-7)15-9-4-2-8(12)3-5-9;1-2/h2-6H,1H3,(H,14,15,16);1-2H3. The largest absolute Gasteiger partial charge is 0.340 e. The molecule has 0 saturated carbocycles. The molecule has 0 aliphatic heterocycles. The van der Waals surface area contributed by atoms with Crippen molar-refractivity contribution in [2.75, 3.05) is 5.32 Å². The van der Waals surface area contributed by atoms with Crippen LogP contribution >= 0.6 is 23.2 Å². The van der Waals surface area contributed by atoms with Crippen LogP contribution in [0, 0.1) is 6.92 Å². The third-order valence-electron chi connectivity index (χ3n) is 1.94. The summed E-state index contributed by atoms with van der Waals surface area (Å²) in [5, 5.41) is 4.05. The van der Waals surface area contributed by atoms with Gasteiger partial charge in [-0.25, -0.2) is 9.97 Å². The molecule has 0 radical (unpaired) electrons. The molecule has 0 bridgehead atoms. The summed E-state index contributed by atoms with van der Waals surface area (Å²) in [5.74, 6) is 0.667. The molecule has 0 fully saturated rings. The smallest absolute Gasteiger partial charge is 0.224 e. The molecule has 0 aliphatic rings. The maximum Gasteiger partial charge on any atom is 0.224 e. The first kappa shape index (κ1) is 14.7. The highest BCUT2D eigenvalue weighted by atomic mass is 35.5. The fraction of sp³-hybridized carbons (Fsp3) is 0.231. The van der Waals surface area contributed by atoms with Gasteiger partial charge in [0.1, 0.15) is 5.82 Å². The fourth-order valence-electron chi connectivity index (χ4n) is 1.28. The third kappa shape index (κ3) is 4.51. The molecule has 2 rings (SSSR count). The Bertz CT molecular complexity index is 478. The predicted molar refractivity (Wildman–Crippen MR) is 77.9 cm³/mol. The summed E-state index contributed by atoms with van der Waals surface area (Å²) in [6.07, 6.45) is 0. The van der Waals surface area contributed by atoms with Crippen molar-refractivity contribution in [3.05, 3.63) is 46.3 Å². The first-order valence-corrected chi connectivity index (χ1v) is 6.43. The van der Waals surface area contributed by atoms with E-state index in [9.17, 15) is 0 Å². The molecule has 1 aromatic heterocycles. The first-order valence-electron chi connectivity index (χ1n) is 5.67. The Balaban J connectivity index is 0.000000771. The number of anilines is 2. The summed E-state index contributed by atoms with van der Waals surface area (Å²) in [6.45, 7) is 5.86. The van der Waals surface area contributed by atoms with Crippen molar-refractivity contribution in [1.29, 1.82) is 0 Å². The molecule has 0 spiro atoms. The highest BCUT2D eigenvalue weighted by Gasteiger charge is 2.00. The normalized spacial score (nSPS) is 9.39. The van der Waals surface area contributed by atoms with Crippen LogP contribution in [0.4, 0.5) is 11.5 Å². The van der Waals surface area contributed by atoms with Crippen LogP contribution in [0.1, 0.15) is 19.5 Å². The summed E-state index contributed by atoms with van der Waals surface area (Å²) in [6, 6.07) is 9.17. The van der Waals surface area contributed by atoms with Crippen LogP contribution in [-0.2, 0) is 0 Å². The van der Waals surface area contributed by atoms with Gasteiger partial charge in [-0.3, -0.25) is 0 Å². The van der Waals surface area contributed by atoms with Gasteiger partial charge in [0, 0.05) is 22.5 Å². The molecule has 0 amide bonds. The molecular formula is C13H15Cl2N3. The van der Waals surface area contributed by atoms with Gasteiger partial charge < -0.3 is 5.32 Å². The number of aromatic nitrogens is 2. The second-order valence-electron chi connectivity index (χ2n) is 3.30. The van der Waals surface area contributed by atoms with Crippen LogP contribution in [0.2, 0.25) is 10.3 Å². The van der Waals surface area contributed by atoms with Crippen molar-refractivity contribution in [3.63, 3.8) is 0 Å². The molecule has 1 heterocycles. The lowest BCUT2D eigenvalue weighted by Gasteiger charge is -2.06. The molecule has 0 atom stereocenters. The topological polar surface area (TPSA) is 37.8 Å². The lowest BCUT2D eigenvalue weighted by molar-refractivity contribution is 1.10. The average Bonchev–Trinajstić information content (AvgIpc) is 2.33. The number of nitrogens with zero attached hydrogens (tertiary/aromatic N) is 2. The number of hydrogen-bond acceptors (Lipinski definition) is 3. The summed E-state index contributed by atoms with van der Waals surface area (Å²) in [4.78, 5) is 8.05. The second-order valence-corrected chi connectivity index (χ2v) is 4.07. The highest BCUT2D eigenvalue weighted by Crippen LogP contribution is 2.18. The zero-order valence-corrected chi connectivity index (χ0v) is 12.0. The first-order chi connectivity index (χ1) is 8.63. The lowest BCUT2D eigenvalue weighted by atomic mass is 10.3. The lowest BCUT2D eigenvalue weighted by Crippen LogP contribution is -1.96. The third-order valence-corrected chi connectivity index (χ3v) is 2.36. The van der Waals surface area contributed by atoms with Crippen LogP contribution in [0.3, 0.4) is 0 Å². The van der Waals surface area contributed by atoms with Gasteiger partial charge in [-0.15, -0.1) is 0 Å². The predicted octanol–water partition coefficient (Wildman–Crippen LogP) is 4.86. The van der Waals surface area contributed by atoms with Crippen molar-refractivity contribution >= 4 is 34.7 Å². The van der Waals surface area contributed by atoms with E-state index in [4.69, 9.17) is 23.2 Å². The van der Waals surface area contributed by atoms with E-state index in [0.717, 1.165) is 11.4 Å². The molecule has 0 unspecified atom stereocenters. The number of rotatable bonds is 2. The minimum absolute atomic E-state index is 0.233. The minimum Gasteiger partial charge on any atom is -0.340 e. The molecule has 0 saturated heterocycles. The zero-order chi connectivity index (χ0) is 13.5. The Labute approximate surface area is 117 Å². The van der Waals surface area contributed by atoms with E-state index in [1.165, 1.54) is 0 Å². The summed E-state index contributed by atoms with van der Waals surface area (Å²) >= 11 is 11.5. The van der Waals surface area contributed by atoms with E-state index < -0.39 is 0 Å². The number of halogens is 2. The SMILES string of the molecule is CC.Cc1cc(Nc2ccc(Cl)cc2)nc(Cl)n1. The molecule has 96 valence electrons. The van der Waals surface area contributed by atoms with Crippen molar-refractivity contribution < 1.29 is 0 Å². The van der Waals surface area contributed by atoms with Crippen molar-refractivity contribution in [3.8, 4) is 0 Å². The van der Waals surface area contributed by atoms with Gasteiger partial charge in [-0.2, -0.15) is 0 Å². The number of aryl methyl sites for hydroxylation is 1. The van der Waals surface area contributed by atoms with Crippen molar-refractivity contribution in [2.45, 2.75) is 20.8 Å². The van der Waals surface area contributed by atoms with E-state index in [1.54, 1.807) is 12.1 Å². The average molecular weight is 284 g/mol. The van der Waals surface area contributed by atoms with Gasteiger partial charge in [0.2, 0.25) is 5.28 Å². The zero-order valence-electron chi connectivity index (χ0n) is 10.5. The summed E-state index contributed by atoms with van der Waals surface area (Å²) in [5.41, 5.74) is 1.72. The maximum atomic E-state index is 5.79. The number of nitrogens with one attached hydrogen (secondary N) is 1. The van der Waals surface area contributed by atoms with E-state index in [-0.39, 0.29) is 5.28 Å². The molecule has 1 N–H and O–H groups in total. The molecular weight excluding hydrogens is 269 g/mol. The van der Waals surface area contributed by atoms with E-state index in [1.807, 2.05) is 39.0 Å². The van der Waals surface area contributed by atoms with Crippen molar-refractivity contribution in [1.82, 2.24) is 9.97 Å². The van der Waals surface area contributed by atoms with Crippen LogP contribution in [0.25, 0.3) is 0 Å². The summed E-state index contributed by atoms with van der Waals surface area (Å²) < 4.78 is 0. The van der Waals surface area contributed by atoms with E-state index >= 15 is 0 Å². The van der Waals surface area contributed by atoms with Crippen molar-refractivity contribution in [2.24, 2.45) is 0 Å². The Morgan fingerprint density at radius 1 is 1.00 bits per heavy atom. The minimum atomic E-state index is 0.233. The van der Waals surface area contributed by atoms with Crippen LogP contribution in [0.15, 0.2) is 30.3 Å². The quantitative estimate of drug-likeness (QED) is 0.800. The number of benzene rings is 1. The van der Waals surface area contributed by atoms with Gasteiger partial charge in [0.05, 0.1) is 0 Å². The Morgan fingerprint density at radius 2 is 1.61 bits per heavy atom. The van der Waals surface area contributed by atoms with Crippen LogP contribution in [-0.4, -0.2) is 9.97 Å². The Hall–Kier alpha value is -1.32. The highest BCUT2D eigenvalue weighted by molar-refractivity contribution is 6.30. The number of hydrogen-bond donors (Lipinski definition) is 1. The Kier molecular flexibility index (Phi) is 5.89. The molecule has 18 heavy (non-hydrogen) atoms. The van der Waals surface area contributed by atoms with Gasteiger partial charge in [-0.05, 0) is 42.8 Å². The Morgan fingerprint density at radius 3 is 2.17 bits per heavy atom. The van der Waals surface area contributed by atoms with Gasteiger partial charge in [-0.1, -0.05) is 25.4 Å². The second kappa shape index (κ2) is 7.19. The van der Waals surface area contributed by atoms with Gasteiger partial charge >= 0.3 is 0 Å². The summed E-state index contributed by atoms with van der Waals surface area (Å²) in [7, 11) is 0. The van der Waals surface area contributed by atoms with E-state index in [0.29, 0.717) is 10.8 Å². The molecule has 2 aromatic rings. The van der Waals surface area contributed by atoms with Crippen LogP contribution < -0.4 is 5.32 Å². The van der Waals surface area contributed by atoms with Crippen LogP contribution in [0.5, 0.6) is 0 Å².